The summed E-state index contributed by atoms with van der Waals surface area (Å²) >= 11 is 0. The summed E-state index contributed by atoms with van der Waals surface area (Å²) in [6.07, 6.45) is 0.0133. The first-order valence-corrected chi connectivity index (χ1v) is 7.52. The molecular formula is C17H15N3O6. The zero-order valence-corrected chi connectivity index (χ0v) is 13.5. The molecular weight excluding hydrogens is 342 g/mol. The molecule has 0 unspecified atom stereocenters. The standard InChI is InChI=1S/C17H15N3O6/c21-15(19-13-5-1-12(2-6-13)17(23)24)9-10-18-16(22)11-3-7-14(8-4-11)20(25)26/h1-8H,9-10H2,(H,18,22)(H,19,21)(H,23,24). The Balaban J connectivity index is 1.79. The first kappa shape index (κ1) is 18.6. The lowest BCUT2D eigenvalue weighted by Gasteiger charge is -2.07. The second kappa shape index (κ2) is 8.38. The van der Waals surface area contributed by atoms with E-state index in [9.17, 15) is 24.5 Å². The van der Waals surface area contributed by atoms with Crippen molar-refractivity contribution >= 4 is 29.2 Å². The Kier molecular flexibility index (Phi) is 5.99. The highest BCUT2D eigenvalue weighted by Crippen LogP contribution is 2.12. The molecule has 0 saturated carbocycles. The minimum absolute atomic E-state index is 0.0133. The van der Waals surface area contributed by atoms with E-state index >= 15 is 0 Å². The summed E-state index contributed by atoms with van der Waals surface area (Å²) in [7, 11) is 0. The molecule has 0 bridgehead atoms. The van der Waals surface area contributed by atoms with Crippen LogP contribution in [0.1, 0.15) is 27.1 Å². The van der Waals surface area contributed by atoms with Crippen LogP contribution >= 0.6 is 0 Å². The molecule has 2 amide bonds. The topological polar surface area (TPSA) is 139 Å². The molecule has 0 aliphatic heterocycles. The fraction of sp³-hybridized carbons (Fsp3) is 0.118. The Morgan fingerprint density at radius 2 is 1.54 bits per heavy atom. The van der Waals surface area contributed by atoms with E-state index in [1.807, 2.05) is 0 Å². The smallest absolute Gasteiger partial charge is 0.335 e. The Labute approximate surface area is 147 Å². The van der Waals surface area contributed by atoms with E-state index in [0.717, 1.165) is 0 Å². The quantitative estimate of drug-likeness (QED) is 0.512. The van der Waals surface area contributed by atoms with Gasteiger partial charge in [-0.15, -0.1) is 0 Å². The Bertz CT molecular complexity index is 831. The molecule has 0 aliphatic rings. The molecule has 0 aromatic heterocycles. The number of nitrogens with one attached hydrogen (secondary N) is 2. The molecule has 9 heteroatoms. The highest BCUT2D eigenvalue weighted by Gasteiger charge is 2.10. The van der Waals surface area contributed by atoms with Crippen LogP contribution in [-0.2, 0) is 4.79 Å². The number of carboxylic acid groups (broad SMARTS) is 1. The zero-order valence-electron chi connectivity index (χ0n) is 13.5. The average molecular weight is 357 g/mol. The van der Waals surface area contributed by atoms with Crippen LogP contribution in [0.2, 0.25) is 0 Å². The summed E-state index contributed by atoms with van der Waals surface area (Å²) in [4.78, 5) is 44.5. The molecule has 0 saturated heterocycles. The second-order valence-corrected chi connectivity index (χ2v) is 5.24. The summed E-state index contributed by atoms with van der Waals surface area (Å²) in [5.41, 5.74) is 0.690. The summed E-state index contributed by atoms with van der Waals surface area (Å²) in [6, 6.07) is 10.8. The predicted molar refractivity (Wildman–Crippen MR) is 92.1 cm³/mol. The number of carbonyl (C=O) groups excluding carboxylic acids is 2. The number of carboxylic acids is 1. The van der Waals surface area contributed by atoms with Crippen molar-refractivity contribution < 1.29 is 24.4 Å². The van der Waals surface area contributed by atoms with Crippen molar-refractivity contribution in [2.24, 2.45) is 0 Å². The highest BCUT2D eigenvalue weighted by molar-refractivity contribution is 5.95. The van der Waals surface area contributed by atoms with Crippen LogP contribution in [0.25, 0.3) is 0 Å². The number of anilines is 1. The Hall–Kier alpha value is -3.75. The number of hydrogen-bond acceptors (Lipinski definition) is 5. The largest absolute Gasteiger partial charge is 0.478 e. The normalized spacial score (nSPS) is 10.0. The van der Waals surface area contributed by atoms with Gasteiger partial charge < -0.3 is 15.7 Å². The van der Waals surface area contributed by atoms with Gasteiger partial charge in [0.1, 0.15) is 0 Å². The fourth-order valence-corrected chi connectivity index (χ4v) is 2.05. The van der Waals surface area contributed by atoms with Crippen LogP contribution in [0.5, 0.6) is 0 Å². The third-order valence-corrected chi connectivity index (χ3v) is 3.39. The summed E-state index contributed by atoms with van der Waals surface area (Å²) in [5, 5.41) is 24.5. The molecule has 134 valence electrons. The van der Waals surface area contributed by atoms with Gasteiger partial charge in [0.15, 0.2) is 0 Å². The van der Waals surface area contributed by atoms with E-state index < -0.39 is 16.8 Å². The lowest BCUT2D eigenvalue weighted by atomic mass is 10.2. The van der Waals surface area contributed by atoms with Crippen LogP contribution in [-0.4, -0.2) is 34.4 Å². The van der Waals surface area contributed by atoms with Gasteiger partial charge in [0.2, 0.25) is 5.91 Å². The van der Waals surface area contributed by atoms with E-state index in [2.05, 4.69) is 10.6 Å². The molecule has 0 radical (unpaired) electrons. The lowest BCUT2D eigenvalue weighted by molar-refractivity contribution is -0.384. The van der Waals surface area contributed by atoms with Crippen molar-refractivity contribution in [2.75, 3.05) is 11.9 Å². The van der Waals surface area contributed by atoms with Gasteiger partial charge in [0.05, 0.1) is 10.5 Å². The summed E-state index contributed by atoms with van der Waals surface area (Å²) in [5.74, 6) is -1.85. The van der Waals surface area contributed by atoms with Crippen LogP contribution in [0, 0.1) is 10.1 Å². The number of nitrogens with zero attached hydrogens (tertiary/aromatic N) is 1. The van der Waals surface area contributed by atoms with E-state index in [1.165, 1.54) is 48.5 Å². The molecule has 2 aromatic rings. The Morgan fingerprint density at radius 3 is 2.08 bits per heavy atom. The van der Waals surface area contributed by atoms with Gasteiger partial charge in [-0.1, -0.05) is 0 Å². The first-order valence-electron chi connectivity index (χ1n) is 7.52. The van der Waals surface area contributed by atoms with Crippen LogP contribution < -0.4 is 10.6 Å². The van der Waals surface area contributed by atoms with E-state index in [1.54, 1.807) is 0 Å². The first-order chi connectivity index (χ1) is 12.4. The lowest BCUT2D eigenvalue weighted by Crippen LogP contribution is -2.27. The second-order valence-electron chi connectivity index (χ2n) is 5.24. The maximum Gasteiger partial charge on any atom is 0.335 e. The van der Waals surface area contributed by atoms with Crippen LogP contribution in [0.4, 0.5) is 11.4 Å². The van der Waals surface area contributed by atoms with Crippen LogP contribution in [0.3, 0.4) is 0 Å². The van der Waals surface area contributed by atoms with Gasteiger partial charge in [-0.25, -0.2) is 4.79 Å². The van der Waals surface area contributed by atoms with Gasteiger partial charge in [-0.05, 0) is 36.4 Å². The zero-order chi connectivity index (χ0) is 19.1. The highest BCUT2D eigenvalue weighted by atomic mass is 16.6. The van der Waals surface area contributed by atoms with E-state index in [4.69, 9.17) is 5.11 Å². The SMILES string of the molecule is O=C(CCNC(=O)c1ccc([N+](=O)[O-])cc1)Nc1ccc(C(=O)O)cc1. The summed E-state index contributed by atoms with van der Waals surface area (Å²) in [6.45, 7) is 0.0782. The fourth-order valence-electron chi connectivity index (χ4n) is 2.05. The number of hydrogen-bond donors (Lipinski definition) is 3. The van der Waals surface area contributed by atoms with Crippen molar-refractivity contribution in [3.8, 4) is 0 Å². The number of benzene rings is 2. The maximum atomic E-state index is 11.9. The molecule has 0 heterocycles. The van der Waals surface area contributed by atoms with Gasteiger partial charge in [-0.2, -0.15) is 0 Å². The maximum absolute atomic E-state index is 11.9. The number of nitro benzene ring substituents is 1. The molecule has 0 atom stereocenters. The van der Waals surface area contributed by atoms with Crippen molar-refractivity contribution in [2.45, 2.75) is 6.42 Å². The van der Waals surface area contributed by atoms with E-state index in [-0.39, 0.29) is 35.7 Å². The third-order valence-electron chi connectivity index (χ3n) is 3.39. The van der Waals surface area contributed by atoms with Crippen LogP contribution in [0.15, 0.2) is 48.5 Å². The molecule has 0 aliphatic carbocycles. The van der Waals surface area contributed by atoms with Gasteiger partial charge >= 0.3 is 5.97 Å². The third kappa shape index (κ3) is 5.13. The number of amides is 2. The van der Waals surface area contributed by atoms with Crippen molar-refractivity contribution in [3.63, 3.8) is 0 Å². The number of non-ortho nitro benzene ring substituents is 1. The molecule has 0 spiro atoms. The number of nitro groups is 1. The van der Waals surface area contributed by atoms with Gasteiger partial charge in [0, 0.05) is 36.3 Å². The molecule has 3 N–H and O–H groups in total. The number of aromatic carboxylic acids is 1. The number of rotatable bonds is 7. The molecule has 0 fully saturated rings. The minimum atomic E-state index is -1.06. The van der Waals surface area contributed by atoms with Crippen molar-refractivity contribution in [1.29, 1.82) is 0 Å². The predicted octanol–water partition coefficient (Wildman–Crippen LogP) is 2.05. The average Bonchev–Trinajstić information content (AvgIpc) is 2.62. The van der Waals surface area contributed by atoms with Crippen molar-refractivity contribution in [1.82, 2.24) is 5.32 Å². The minimum Gasteiger partial charge on any atom is -0.478 e. The molecule has 2 aromatic carbocycles. The van der Waals surface area contributed by atoms with E-state index in [0.29, 0.717) is 5.69 Å². The molecule has 9 nitrogen and oxygen atoms in total. The van der Waals surface area contributed by atoms with Gasteiger partial charge in [-0.3, -0.25) is 19.7 Å². The molecule has 26 heavy (non-hydrogen) atoms. The molecule has 2 rings (SSSR count). The Morgan fingerprint density at radius 1 is 0.962 bits per heavy atom. The number of carbonyl (C=O) groups is 3. The van der Waals surface area contributed by atoms with Crippen molar-refractivity contribution in [3.05, 3.63) is 69.8 Å². The monoisotopic (exact) mass is 357 g/mol. The summed E-state index contributed by atoms with van der Waals surface area (Å²) < 4.78 is 0. The van der Waals surface area contributed by atoms with Gasteiger partial charge in [0.25, 0.3) is 11.6 Å².